The molecule has 0 aliphatic carbocycles. The van der Waals surface area contributed by atoms with E-state index < -0.39 is 17.7 Å². The Kier molecular flexibility index (Phi) is 5.42. The van der Waals surface area contributed by atoms with Crippen LogP contribution < -0.4 is 10.6 Å². The highest BCUT2D eigenvalue weighted by Crippen LogP contribution is 2.37. The lowest BCUT2D eigenvalue weighted by Gasteiger charge is -2.10. The van der Waals surface area contributed by atoms with Crippen LogP contribution in [0.5, 0.6) is 0 Å². The number of carbonyl (C=O) groups excluding carboxylic acids is 1. The number of fused-ring (bicyclic) bond motifs is 1. The number of hydrogen-bond donors (Lipinski definition) is 2. The molecule has 1 aromatic heterocycles. The summed E-state index contributed by atoms with van der Waals surface area (Å²) in [4.78, 5) is 12.3. The van der Waals surface area contributed by atoms with Crippen LogP contribution in [0.2, 0.25) is 5.02 Å². The molecule has 0 spiro atoms. The van der Waals surface area contributed by atoms with E-state index in [1.54, 1.807) is 12.1 Å². The number of anilines is 1. The Balaban J connectivity index is 1.63. The van der Waals surface area contributed by atoms with E-state index in [1.807, 2.05) is 37.3 Å². The Bertz CT molecular complexity index is 1250. The van der Waals surface area contributed by atoms with Crippen molar-refractivity contribution in [2.45, 2.75) is 13.5 Å². The molecule has 152 valence electrons. The number of hydrogen-bond acceptors (Lipinski definition) is 2. The van der Waals surface area contributed by atoms with Gasteiger partial charge < -0.3 is 15.1 Å². The van der Waals surface area contributed by atoms with Gasteiger partial charge in [-0.2, -0.15) is 0 Å². The predicted molar refractivity (Wildman–Crippen MR) is 114 cm³/mol. The molecule has 4 aromatic rings. The molecule has 0 fully saturated rings. The molecule has 0 aliphatic rings. The van der Waals surface area contributed by atoms with E-state index in [2.05, 4.69) is 10.6 Å². The summed E-state index contributed by atoms with van der Waals surface area (Å²) < 4.78 is 32.8. The zero-order valence-corrected chi connectivity index (χ0v) is 16.7. The van der Waals surface area contributed by atoms with Gasteiger partial charge in [0.1, 0.15) is 23.0 Å². The quantitative estimate of drug-likeness (QED) is 0.383. The molecule has 30 heavy (non-hydrogen) atoms. The zero-order valence-electron chi connectivity index (χ0n) is 15.9. The minimum absolute atomic E-state index is 0.0601. The van der Waals surface area contributed by atoms with Gasteiger partial charge in [-0.25, -0.2) is 13.6 Å². The standard InChI is InChI=1S/C23H17ClF2N2O2/c1-13-4-2-3-5-16(13)22-17-10-14(24)6-9-20(17)30-21(22)12-27-23(29)28-19-8-7-15(25)11-18(19)26/h2-11H,12H2,1H3,(H2,27,28,29). The highest BCUT2D eigenvalue weighted by Gasteiger charge is 2.18. The van der Waals surface area contributed by atoms with Crippen molar-refractivity contribution in [1.29, 1.82) is 0 Å². The molecule has 0 aliphatic heterocycles. The van der Waals surface area contributed by atoms with Crippen molar-refractivity contribution in [3.8, 4) is 11.1 Å². The summed E-state index contributed by atoms with van der Waals surface area (Å²) in [6.07, 6.45) is 0. The first kappa shape index (κ1) is 19.9. The minimum atomic E-state index is -0.857. The minimum Gasteiger partial charge on any atom is -0.459 e. The molecular formula is C23H17ClF2N2O2. The maximum atomic E-state index is 13.8. The van der Waals surface area contributed by atoms with Gasteiger partial charge in [0.15, 0.2) is 0 Å². The van der Waals surface area contributed by atoms with E-state index in [9.17, 15) is 13.6 Å². The van der Waals surface area contributed by atoms with Gasteiger partial charge >= 0.3 is 6.03 Å². The van der Waals surface area contributed by atoms with E-state index >= 15 is 0 Å². The van der Waals surface area contributed by atoms with Gasteiger partial charge in [0.25, 0.3) is 0 Å². The van der Waals surface area contributed by atoms with Crippen molar-refractivity contribution < 1.29 is 18.0 Å². The number of rotatable bonds is 4. The number of urea groups is 1. The van der Waals surface area contributed by atoms with Gasteiger partial charge in [0.2, 0.25) is 0 Å². The van der Waals surface area contributed by atoms with Crippen LogP contribution in [0.25, 0.3) is 22.1 Å². The van der Waals surface area contributed by atoms with Gasteiger partial charge in [-0.15, -0.1) is 0 Å². The topological polar surface area (TPSA) is 54.3 Å². The first-order valence-electron chi connectivity index (χ1n) is 9.19. The molecule has 3 aromatic carbocycles. The predicted octanol–water partition coefficient (Wildman–Crippen LogP) is 6.66. The second-order valence-corrected chi connectivity index (χ2v) is 7.22. The number of halogens is 3. The summed E-state index contributed by atoms with van der Waals surface area (Å²) in [6.45, 7) is 2.05. The Labute approximate surface area is 176 Å². The van der Waals surface area contributed by atoms with E-state index in [-0.39, 0.29) is 12.2 Å². The van der Waals surface area contributed by atoms with Crippen molar-refractivity contribution in [2.24, 2.45) is 0 Å². The van der Waals surface area contributed by atoms with Gasteiger partial charge in [-0.1, -0.05) is 35.9 Å². The summed E-state index contributed by atoms with van der Waals surface area (Å²) in [6, 6.07) is 15.4. The third kappa shape index (κ3) is 4.00. The van der Waals surface area contributed by atoms with Crippen molar-refractivity contribution in [3.63, 3.8) is 0 Å². The Morgan fingerprint density at radius 1 is 1.07 bits per heavy atom. The van der Waals surface area contributed by atoms with E-state index in [0.29, 0.717) is 22.4 Å². The van der Waals surface area contributed by atoms with Crippen molar-refractivity contribution >= 4 is 34.3 Å². The fourth-order valence-corrected chi connectivity index (χ4v) is 3.48. The van der Waals surface area contributed by atoms with Gasteiger partial charge in [-0.05, 0) is 48.4 Å². The summed E-state index contributed by atoms with van der Waals surface area (Å²) >= 11 is 6.19. The number of aryl methyl sites for hydroxylation is 1. The number of furan rings is 1. The molecule has 0 bridgehead atoms. The monoisotopic (exact) mass is 426 g/mol. The maximum Gasteiger partial charge on any atom is 0.319 e. The fourth-order valence-electron chi connectivity index (χ4n) is 3.31. The number of nitrogens with one attached hydrogen (secondary N) is 2. The molecular weight excluding hydrogens is 410 g/mol. The Morgan fingerprint density at radius 2 is 1.87 bits per heavy atom. The van der Waals surface area contributed by atoms with Crippen LogP contribution in [0.3, 0.4) is 0 Å². The largest absolute Gasteiger partial charge is 0.459 e. The Morgan fingerprint density at radius 3 is 2.63 bits per heavy atom. The molecule has 2 amide bonds. The SMILES string of the molecule is Cc1ccccc1-c1c(CNC(=O)Nc2ccc(F)cc2F)oc2ccc(Cl)cc12. The van der Waals surface area contributed by atoms with Crippen LogP contribution in [-0.2, 0) is 6.54 Å². The van der Waals surface area contributed by atoms with E-state index in [0.717, 1.165) is 34.2 Å². The van der Waals surface area contributed by atoms with Crippen LogP contribution >= 0.6 is 11.6 Å². The molecule has 1 heterocycles. The normalized spacial score (nSPS) is 10.9. The van der Waals surface area contributed by atoms with Crippen LogP contribution in [0.4, 0.5) is 19.3 Å². The van der Waals surface area contributed by atoms with Gasteiger partial charge in [-0.3, -0.25) is 0 Å². The second-order valence-electron chi connectivity index (χ2n) is 6.79. The van der Waals surface area contributed by atoms with Crippen LogP contribution in [0.15, 0.2) is 65.1 Å². The lowest BCUT2D eigenvalue weighted by Crippen LogP contribution is -2.28. The summed E-state index contributed by atoms with van der Waals surface area (Å²) in [5.41, 5.74) is 3.35. The number of amides is 2. The highest BCUT2D eigenvalue weighted by molar-refractivity contribution is 6.31. The zero-order chi connectivity index (χ0) is 21.3. The van der Waals surface area contributed by atoms with Gasteiger partial charge in [0, 0.05) is 22.0 Å². The molecule has 0 saturated carbocycles. The summed E-state index contributed by atoms with van der Waals surface area (Å²) in [5, 5.41) is 6.43. The lowest BCUT2D eigenvalue weighted by atomic mass is 9.97. The van der Waals surface area contributed by atoms with Gasteiger partial charge in [0.05, 0.1) is 12.2 Å². The third-order valence-electron chi connectivity index (χ3n) is 4.73. The molecule has 2 N–H and O–H groups in total. The fraction of sp³-hybridized carbons (Fsp3) is 0.0870. The van der Waals surface area contributed by atoms with E-state index in [4.69, 9.17) is 16.0 Å². The maximum absolute atomic E-state index is 13.8. The second kappa shape index (κ2) is 8.16. The summed E-state index contributed by atoms with van der Waals surface area (Å²) in [7, 11) is 0. The first-order valence-corrected chi connectivity index (χ1v) is 9.57. The molecule has 0 unspecified atom stereocenters. The van der Waals surface area contributed by atoms with Crippen molar-refractivity contribution in [2.75, 3.05) is 5.32 Å². The average Bonchev–Trinajstić information content (AvgIpc) is 3.06. The van der Waals surface area contributed by atoms with Crippen LogP contribution in [0, 0.1) is 18.6 Å². The first-order chi connectivity index (χ1) is 14.4. The summed E-state index contributed by atoms with van der Waals surface area (Å²) in [5.74, 6) is -1.04. The highest BCUT2D eigenvalue weighted by atomic mass is 35.5. The molecule has 0 saturated heterocycles. The molecule has 0 radical (unpaired) electrons. The molecule has 0 atom stereocenters. The smallest absolute Gasteiger partial charge is 0.319 e. The molecule has 7 heteroatoms. The average molecular weight is 427 g/mol. The van der Waals surface area contributed by atoms with Crippen LogP contribution in [0.1, 0.15) is 11.3 Å². The molecule has 4 rings (SSSR count). The number of carbonyl (C=O) groups is 1. The van der Waals surface area contributed by atoms with E-state index in [1.165, 1.54) is 0 Å². The number of benzene rings is 3. The van der Waals surface area contributed by atoms with Crippen LogP contribution in [-0.4, -0.2) is 6.03 Å². The third-order valence-corrected chi connectivity index (χ3v) is 4.96. The van der Waals surface area contributed by atoms with Crippen molar-refractivity contribution in [1.82, 2.24) is 5.32 Å². The lowest BCUT2D eigenvalue weighted by molar-refractivity contribution is 0.251. The molecule has 4 nitrogen and oxygen atoms in total. The van der Waals surface area contributed by atoms with Crippen molar-refractivity contribution in [3.05, 3.63) is 88.6 Å². The Hall–Kier alpha value is -3.38.